The first-order valence-electron chi connectivity index (χ1n) is 6.12. The molecule has 0 amide bonds. The fourth-order valence-corrected chi connectivity index (χ4v) is 1.98. The minimum Gasteiger partial charge on any atom is -0.491 e. The quantitative estimate of drug-likeness (QED) is 0.812. The Morgan fingerprint density at radius 1 is 1.56 bits per heavy atom. The van der Waals surface area contributed by atoms with E-state index in [9.17, 15) is 0 Å². The summed E-state index contributed by atoms with van der Waals surface area (Å²) in [5.74, 6) is 0.769. The van der Waals surface area contributed by atoms with Crippen LogP contribution in [0.4, 0.5) is 0 Å². The molecule has 1 aliphatic rings. The van der Waals surface area contributed by atoms with E-state index in [4.69, 9.17) is 14.7 Å². The maximum atomic E-state index is 8.87. The zero-order valence-electron chi connectivity index (χ0n) is 10.8. The van der Waals surface area contributed by atoms with E-state index in [-0.39, 0.29) is 6.10 Å². The molecule has 18 heavy (non-hydrogen) atoms. The fourth-order valence-electron chi connectivity index (χ4n) is 1.98. The second-order valence-electron chi connectivity index (χ2n) is 4.66. The standard InChI is InChI=1S/C14H18N2O2/c1-11-3-4-12(8-15)7-14(11)18-10-13-9-16(2)5-6-17-13/h3-4,7,13H,5-6,9-10H2,1-2H3. The highest BCUT2D eigenvalue weighted by Crippen LogP contribution is 2.19. The van der Waals surface area contributed by atoms with Gasteiger partial charge in [-0.3, -0.25) is 0 Å². The Labute approximate surface area is 108 Å². The van der Waals surface area contributed by atoms with Crippen LogP contribution in [-0.4, -0.2) is 44.4 Å². The van der Waals surface area contributed by atoms with E-state index in [0.717, 1.165) is 31.0 Å². The van der Waals surface area contributed by atoms with Crippen molar-refractivity contribution >= 4 is 0 Å². The van der Waals surface area contributed by atoms with Crippen LogP contribution in [0.3, 0.4) is 0 Å². The topological polar surface area (TPSA) is 45.5 Å². The second kappa shape index (κ2) is 5.85. The Hall–Kier alpha value is -1.57. The first-order valence-corrected chi connectivity index (χ1v) is 6.12. The smallest absolute Gasteiger partial charge is 0.123 e. The number of hydrogen-bond acceptors (Lipinski definition) is 4. The molecule has 0 aromatic heterocycles. The second-order valence-corrected chi connectivity index (χ2v) is 4.66. The molecule has 1 saturated heterocycles. The molecule has 1 atom stereocenters. The van der Waals surface area contributed by atoms with Gasteiger partial charge in [0.25, 0.3) is 0 Å². The molecule has 96 valence electrons. The third-order valence-corrected chi connectivity index (χ3v) is 3.08. The molecule has 1 heterocycles. The van der Waals surface area contributed by atoms with Gasteiger partial charge in [-0.1, -0.05) is 6.07 Å². The van der Waals surface area contributed by atoms with Gasteiger partial charge in [0, 0.05) is 13.1 Å². The van der Waals surface area contributed by atoms with Crippen molar-refractivity contribution in [3.05, 3.63) is 29.3 Å². The van der Waals surface area contributed by atoms with E-state index in [1.165, 1.54) is 0 Å². The first kappa shape index (κ1) is 12.9. The van der Waals surface area contributed by atoms with Crippen molar-refractivity contribution in [2.75, 3.05) is 33.4 Å². The zero-order chi connectivity index (χ0) is 13.0. The van der Waals surface area contributed by atoms with Crippen molar-refractivity contribution in [3.8, 4) is 11.8 Å². The molecule has 2 rings (SSSR count). The maximum Gasteiger partial charge on any atom is 0.123 e. The van der Waals surface area contributed by atoms with Crippen molar-refractivity contribution < 1.29 is 9.47 Å². The molecule has 0 N–H and O–H groups in total. The number of hydrogen-bond donors (Lipinski definition) is 0. The van der Waals surface area contributed by atoms with E-state index in [1.54, 1.807) is 12.1 Å². The first-order chi connectivity index (χ1) is 8.69. The summed E-state index contributed by atoms with van der Waals surface area (Å²) < 4.78 is 11.4. The summed E-state index contributed by atoms with van der Waals surface area (Å²) in [5, 5.41) is 8.87. The number of morpholine rings is 1. The summed E-state index contributed by atoms with van der Waals surface area (Å²) in [6, 6.07) is 7.60. The van der Waals surface area contributed by atoms with E-state index in [1.807, 2.05) is 13.0 Å². The minimum atomic E-state index is 0.105. The Kier molecular flexibility index (Phi) is 4.19. The van der Waals surface area contributed by atoms with Crippen LogP contribution in [0.2, 0.25) is 0 Å². The lowest BCUT2D eigenvalue weighted by Crippen LogP contribution is -2.42. The molecule has 0 spiro atoms. The van der Waals surface area contributed by atoms with E-state index >= 15 is 0 Å². The third kappa shape index (κ3) is 3.22. The van der Waals surface area contributed by atoms with Gasteiger partial charge in [0.05, 0.1) is 18.2 Å². The van der Waals surface area contributed by atoms with E-state index in [0.29, 0.717) is 12.2 Å². The monoisotopic (exact) mass is 246 g/mol. The highest BCUT2D eigenvalue weighted by atomic mass is 16.5. The van der Waals surface area contributed by atoms with Crippen LogP contribution in [0.25, 0.3) is 0 Å². The summed E-state index contributed by atoms with van der Waals surface area (Å²) in [5.41, 5.74) is 1.66. The van der Waals surface area contributed by atoms with E-state index in [2.05, 4.69) is 18.0 Å². The molecular weight excluding hydrogens is 228 g/mol. The minimum absolute atomic E-state index is 0.105. The highest BCUT2D eigenvalue weighted by Gasteiger charge is 2.18. The lowest BCUT2D eigenvalue weighted by Gasteiger charge is -2.30. The van der Waals surface area contributed by atoms with Gasteiger partial charge in [-0.2, -0.15) is 5.26 Å². The number of benzene rings is 1. The number of nitriles is 1. The number of nitrogens with zero attached hydrogens (tertiary/aromatic N) is 2. The molecule has 0 radical (unpaired) electrons. The van der Waals surface area contributed by atoms with Gasteiger partial charge in [0.1, 0.15) is 18.5 Å². The van der Waals surface area contributed by atoms with Crippen LogP contribution in [-0.2, 0) is 4.74 Å². The summed E-state index contributed by atoms with van der Waals surface area (Å²) in [7, 11) is 2.08. The van der Waals surface area contributed by atoms with Gasteiger partial charge in [0.2, 0.25) is 0 Å². The van der Waals surface area contributed by atoms with Crippen LogP contribution >= 0.6 is 0 Å². The largest absolute Gasteiger partial charge is 0.491 e. The number of ether oxygens (including phenoxy) is 2. The molecule has 4 nitrogen and oxygen atoms in total. The zero-order valence-corrected chi connectivity index (χ0v) is 10.8. The number of likely N-dealkylation sites (N-methyl/N-ethyl adjacent to an activating group) is 1. The molecular formula is C14H18N2O2. The van der Waals surface area contributed by atoms with Crippen molar-refractivity contribution in [3.63, 3.8) is 0 Å². The fraction of sp³-hybridized carbons (Fsp3) is 0.500. The van der Waals surface area contributed by atoms with Gasteiger partial charge >= 0.3 is 0 Å². The molecule has 1 aromatic rings. The summed E-state index contributed by atoms with van der Waals surface area (Å²) in [4.78, 5) is 2.23. The van der Waals surface area contributed by atoms with Gasteiger partial charge < -0.3 is 14.4 Å². The summed E-state index contributed by atoms with van der Waals surface area (Å²) in [6.45, 7) is 5.11. The van der Waals surface area contributed by atoms with Crippen molar-refractivity contribution in [1.29, 1.82) is 5.26 Å². The molecule has 1 aliphatic heterocycles. The Bertz CT molecular complexity index is 454. The molecule has 0 bridgehead atoms. The molecule has 0 saturated carbocycles. The average Bonchev–Trinajstić information content (AvgIpc) is 2.38. The van der Waals surface area contributed by atoms with E-state index < -0.39 is 0 Å². The predicted octanol–water partition coefficient (Wildman–Crippen LogP) is 1.58. The predicted molar refractivity (Wildman–Crippen MR) is 68.6 cm³/mol. The Morgan fingerprint density at radius 2 is 2.39 bits per heavy atom. The van der Waals surface area contributed by atoms with Crippen LogP contribution in [0.1, 0.15) is 11.1 Å². The Morgan fingerprint density at radius 3 is 3.11 bits per heavy atom. The summed E-state index contributed by atoms with van der Waals surface area (Å²) >= 11 is 0. The highest BCUT2D eigenvalue weighted by molar-refractivity contribution is 5.41. The van der Waals surface area contributed by atoms with Crippen LogP contribution in [0, 0.1) is 18.3 Å². The van der Waals surface area contributed by atoms with Crippen molar-refractivity contribution in [1.82, 2.24) is 4.90 Å². The lowest BCUT2D eigenvalue weighted by atomic mass is 10.1. The van der Waals surface area contributed by atoms with Crippen molar-refractivity contribution in [2.24, 2.45) is 0 Å². The van der Waals surface area contributed by atoms with Crippen molar-refractivity contribution in [2.45, 2.75) is 13.0 Å². The third-order valence-electron chi connectivity index (χ3n) is 3.08. The van der Waals surface area contributed by atoms with Crippen LogP contribution < -0.4 is 4.74 Å². The number of rotatable bonds is 3. The number of aryl methyl sites for hydroxylation is 1. The molecule has 1 fully saturated rings. The molecule has 1 aromatic carbocycles. The van der Waals surface area contributed by atoms with Gasteiger partial charge in [-0.15, -0.1) is 0 Å². The molecule has 4 heteroatoms. The SMILES string of the molecule is Cc1ccc(C#N)cc1OCC1CN(C)CCO1. The van der Waals surface area contributed by atoms with Crippen LogP contribution in [0.5, 0.6) is 5.75 Å². The van der Waals surface area contributed by atoms with Crippen LogP contribution in [0.15, 0.2) is 18.2 Å². The lowest BCUT2D eigenvalue weighted by molar-refractivity contribution is -0.0404. The normalized spacial score (nSPS) is 20.4. The molecule has 1 unspecified atom stereocenters. The van der Waals surface area contributed by atoms with Gasteiger partial charge in [-0.25, -0.2) is 0 Å². The molecule has 0 aliphatic carbocycles. The van der Waals surface area contributed by atoms with Gasteiger partial charge in [-0.05, 0) is 31.7 Å². The summed E-state index contributed by atoms with van der Waals surface area (Å²) in [6.07, 6.45) is 0.105. The van der Waals surface area contributed by atoms with Gasteiger partial charge in [0.15, 0.2) is 0 Å². The Balaban J connectivity index is 1.95. The maximum absolute atomic E-state index is 8.87. The average molecular weight is 246 g/mol.